The normalized spacial score (nSPS) is 52.7. The first-order chi connectivity index (χ1) is 13.2. The summed E-state index contributed by atoms with van der Waals surface area (Å²) in [6.45, 7) is -1.23. The van der Waals surface area contributed by atoms with Crippen molar-refractivity contribution < 1.29 is 64.5 Å². The number of aliphatic hydroxyl groups excluding tert-OH is 8. The highest BCUT2D eigenvalue weighted by Crippen LogP contribution is 2.29. The van der Waals surface area contributed by atoms with E-state index in [0.29, 0.717) is 0 Å². The Balaban J connectivity index is 1.69. The van der Waals surface area contributed by atoms with Crippen molar-refractivity contribution in [2.45, 2.75) is 73.8 Å². The summed E-state index contributed by atoms with van der Waals surface area (Å²) >= 11 is 0. The molecule has 0 amide bonds. The molecule has 0 aromatic carbocycles. The molecule has 0 aromatic heterocycles. The maximum atomic E-state index is 10.3. The minimum atomic E-state index is -1.64. The maximum Gasteiger partial charge on any atom is 0.187 e. The van der Waals surface area contributed by atoms with Gasteiger partial charge in [-0.25, -0.2) is 0 Å². The van der Waals surface area contributed by atoms with E-state index in [1.165, 1.54) is 0 Å². The molecular formula is C15H26O13. The quantitative estimate of drug-likeness (QED) is 0.211. The van der Waals surface area contributed by atoms with Crippen LogP contribution >= 0.6 is 0 Å². The van der Waals surface area contributed by atoms with E-state index >= 15 is 0 Å². The molecule has 13 nitrogen and oxygen atoms in total. The van der Waals surface area contributed by atoms with Crippen LogP contribution in [0.15, 0.2) is 0 Å². The largest absolute Gasteiger partial charge is 0.394 e. The van der Waals surface area contributed by atoms with Crippen LogP contribution in [-0.4, -0.2) is 134 Å². The van der Waals surface area contributed by atoms with E-state index in [-0.39, 0.29) is 13.2 Å². The molecule has 28 heavy (non-hydrogen) atoms. The lowest BCUT2D eigenvalue weighted by Gasteiger charge is -2.42. The summed E-state index contributed by atoms with van der Waals surface area (Å²) in [6, 6.07) is 0. The first-order valence-corrected chi connectivity index (χ1v) is 8.81. The van der Waals surface area contributed by atoms with Gasteiger partial charge in [0.25, 0.3) is 0 Å². The Bertz CT molecular complexity index is 508. The maximum absolute atomic E-state index is 10.3. The van der Waals surface area contributed by atoms with Crippen molar-refractivity contribution in [2.24, 2.45) is 0 Å². The van der Waals surface area contributed by atoms with E-state index in [4.69, 9.17) is 28.8 Å². The molecule has 3 rings (SSSR count). The molecule has 3 aliphatic heterocycles. The van der Waals surface area contributed by atoms with Gasteiger partial charge in [-0.3, -0.25) is 0 Å². The Hall–Kier alpha value is -0.520. The molecular weight excluding hydrogens is 388 g/mol. The Labute approximate surface area is 159 Å². The first kappa shape index (κ1) is 22.2. The van der Waals surface area contributed by atoms with Gasteiger partial charge < -0.3 is 64.5 Å². The van der Waals surface area contributed by atoms with Gasteiger partial charge in [0.1, 0.15) is 54.9 Å². The predicted octanol–water partition coefficient (Wildman–Crippen LogP) is -5.66. The van der Waals surface area contributed by atoms with Gasteiger partial charge in [0.05, 0.1) is 19.8 Å². The monoisotopic (exact) mass is 414 g/mol. The average molecular weight is 414 g/mol. The first-order valence-electron chi connectivity index (χ1n) is 8.81. The summed E-state index contributed by atoms with van der Waals surface area (Å²) < 4.78 is 26.3. The van der Waals surface area contributed by atoms with Crippen LogP contribution in [0.1, 0.15) is 0 Å². The molecule has 13 heteroatoms. The van der Waals surface area contributed by atoms with E-state index in [0.717, 1.165) is 0 Å². The number of hydrogen-bond donors (Lipinski definition) is 8. The molecule has 0 saturated carbocycles. The standard InChI is InChI=1S/C15H26O13/c16-1-5-8(19)11(22)14(26-5)28-12-7(18)4(17)2-25-15(12)27-6-3-24-13(23)10(21)9(6)20/h4-23H,1-3H2/t4-,5+,6-,7+,8+,9+,10-,11-,12-,13-,14+,15+/m1/s1. The van der Waals surface area contributed by atoms with Crippen molar-refractivity contribution >= 4 is 0 Å². The van der Waals surface area contributed by atoms with Crippen LogP contribution in [0.5, 0.6) is 0 Å². The Morgan fingerprint density at radius 3 is 2.07 bits per heavy atom. The molecule has 0 spiro atoms. The summed E-state index contributed by atoms with van der Waals surface area (Å²) in [5.41, 5.74) is 0. The van der Waals surface area contributed by atoms with E-state index in [9.17, 15) is 35.7 Å². The van der Waals surface area contributed by atoms with Crippen LogP contribution < -0.4 is 0 Å². The summed E-state index contributed by atoms with van der Waals surface area (Å²) in [7, 11) is 0. The molecule has 0 bridgehead atoms. The van der Waals surface area contributed by atoms with E-state index in [1.807, 2.05) is 0 Å². The second-order valence-corrected chi connectivity index (χ2v) is 6.95. The number of aliphatic hydroxyl groups is 8. The van der Waals surface area contributed by atoms with E-state index in [1.54, 1.807) is 0 Å². The highest BCUT2D eigenvalue weighted by molar-refractivity contribution is 4.91. The molecule has 0 aromatic rings. The van der Waals surface area contributed by atoms with Gasteiger partial charge in [0.2, 0.25) is 0 Å². The molecule has 0 aliphatic carbocycles. The van der Waals surface area contributed by atoms with Crippen LogP contribution in [0.2, 0.25) is 0 Å². The molecule has 3 fully saturated rings. The molecule has 0 radical (unpaired) electrons. The lowest BCUT2D eigenvalue weighted by Crippen LogP contribution is -2.60. The van der Waals surface area contributed by atoms with E-state index < -0.39 is 80.4 Å². The second-order valence-electron chi connectivity index (χ2n) is 6.95. The van der Waals surface area contributed by atoms with Gasteiger partial charge >= 0.3 is 0 Å². The van der Waals surface area contributed by atoms with Gasteiger partial charge in [-0.1, -0.05) is 0 Å². The molecule has 3 aliphatic rings. The fourth-order valence-corrected chi connectivity index (χ4v) is 3.23. The fraction of sp³-hybridized carbons (Fsp3) is 1.00. The van der Waals surface area contributed by atoms with Gasteiger partial charge in [-0.15, -0.1) is 0 Å². The third-order valence-electron chi connectivity index (χ3n) is 4.98. The highest BCUT2D eigenvalue weighted by atomic mass is 16.8. The topological polar surface area (TPSA) is 208 Å². The lowest BCUT2D eigenvalue weighted by atomic mass is 10.0. The van der Waals surface area contributed by atoms with Crippen molar-refractivity contribution in [1.29, 1.82) is 0 Å². The third-order valence-corrected chi connectivity index (χ3v) is 4.98. The van der Waals surface area contributed by atoms with Crippen LogP contribution in [0.3, 0.4) is 0 Å². The van der Waals surface area contributed by atoms with Crippen molar-refractivity contribution in [3.8, 4) is 0 Å². The van der Waals surface area contributed by atoms with Gasteiger partial charge in [0.15, 0.2) is 18.9 Å². The number of hydrogen-bond acceptors (Lipinski definition) is 13. The van der Waals surface area contributed by atoms with Gasteiger partial charge in [0, 0.05) is 0 Å². The number of ether oxygens (including phenoxy) is 5. The zero-order valence-electron chi connectivity index (χ0n) is 14.7. The molecule has 164 valence electrons. The van der Waals surface area contributed by atoms with E-state index in [2.05, 4.69) is 0 Å². The van der Waals surface area contributed by atoms with Crippen molar-refractivity contribution in [2.75, 3.05) is 19.8 Å². The zero-order valence-corrected chi connectivity index (χ0v) is 14.7. The fourth-order valence-electron chi connectivity index (χ4n) is 3.23. The van der Waals surface area contributed by atoms with Crippen LogP contribution in [-0.2, 0) is 23.7 Å². The van der Waals surface area contributed by atoms with Gasteiger partial charge in [-0.2, -0.15) is 0 Å². The molecule has 3 heterocycles. The summed E-state index contributed by atoms with van der Waals surface area (Å²) in [5.74, 6) is 0. The smallest absolute Gasteiger partial charge is 0.187 e. The molecule has 8 N–H and O–H groups in total. The summed E-state index contributed by atoms with van der Waals surface area (Å²) in [4.78, 5) is 0. The highest BCUT2D eigenvalue weighted by Gasteiger charge is 2.50. The van der Waals surface area contributed by atoms with Crippen molar-refractivity contribution in [3.05, 3.63) is 0 Å². The van der Waals surface area contributed by atoms with Crippen LogP contribution in [0, 0.1) is 0 Å². The Morgan fingerprint density at radius 1 is 0.714 bits per heavy atom. The minimum Gasteiger partial charge on any atom is -0.394 e. The zero-order chi connectivity index (χ0) is 20.6. The molecule has 12 atom stereocenters. The predicted molar refractivity (Wildman–Crippen MR) is 83.2 cm³/mol. The van der Waals surface area contributed by atoms with Crippen molar-refractivity contribution in [3.63, 3.8) is 0 Å². The van der Waals surface area contributed by atoms with Crippen molar-refractivity contribution in [1.82, 2.24) is 0 Å². The average Bonchev–Trinajstić information content (AvgIpc) is 2.95. The SMILES string of the molecule is OC[C@@H]1O[C@@H](O[C@H]2[C@H](O[C@@H]3CO[C@@H](O)[C@H](O)[C@H]3O)OC[C@@H](O)[C@@H]2O)[C@H](O)[C@H]1O. The van der Waals surface area contributed by atoms with Gasteiger partial charge in [-0.05, 0) is 0 Å². The minimum absolute atomic E-state index is 0.307. The lowest BCUT2D eigenvalue weighted by molar-refractivity contribution is -0.346. The number of rotatable bonds is 5. The molecule has 3 saturated heterocycles. The Kier molecular flexibility index (Phi) is 7.20. The Morgan fingerprint density at radius 2 is 1.43 bits per heavy atom. The van der Waals surface area contributed by atoms with Crippen LogP contribution in [0.4, 0.5) is 0 Å². The van der Waals surface area contributed by atoms with Crippen LogP contribution in [0.25, 0.3) is 0 Å². The second kappa shape index (κ2) is 9.09. The summed E-state index contributed by atoms with van der Waals surface area (Å²) in [6.07, 6.45) is -17.2. The summed E-state index contributed by atoms with van der Waals surface area (Å²) in [5, 5.41) is 78.1. The molecule has 0 unspecified atom stereocenters. The third kappa shape index (κ3) is 4.32.